The van der Waals surface area contributed by atoms with Gasteiger partial charge >= 0.3 is 0 Å². The Kier molecular flexibility index (Phi) is 4.50. The molecule has 1 N–H and O–H groups in total. The Bertz CT molecular complexity index is 505. The summed E-state index contributed by atoms with van der Waals surface area (Å²) < 4.78 is 0. The van der Waals surface area contributed by atoms with E-state index < -0.39 is 0 Å². The minimum absolute atomic E-state index is 0.268. The highest BCUT2D eigenvalue weighted by Gasteiger charge is 2.18. The van der Waals surface area contributed by atoms with Gasteiger partial charge in [-0.25, -0.2) is 0 Å². The van der Waals surface area contributed by atoms with E-state index in [2.05, 4.69) is 48.6 Å². The molecule has 0 bridgehead atoms. The Balaban J connectivity index is 2.37. The third-order valence-electron chi connectivity index (χ3n) is 3.17. The van der Waals surface area contributed by atoms with Crippen LogP contribution in [0.15, 0.2) is 29.8 Å². The highest BCUT2D eigenvalue weighted by atomic mass is 32.1. The molecule has 1 unspecified atom stereocenters. The molecule has 0 saturated heterocycles. The van der Waals surface area contributed by atoms with Crippen molar-refractivity contribution >= 4 is 11.3 Å². The Morgan fingerprint density at radius 1 is 1.28 bits per heavy atom. The molecule has 3 heteroatoms. The first-order valence-electron chi connectivity index (χ1n) is 6.43. The van der Waals surface area contributed by atoms with Crippen molar-refractivity contribution in [2.75, 3.05) is 6.54 Å². The van der Waals surface area contributed by atoms with E-state index in [0.717, 1.165) is 18.7 Å². The van der Waals surface area contributed by atoms with Crippen LogP contribution in [0.25, 0.3) is 0 Å². The summed E-state index contributed by atoms with van der Waals surface area (Å²) in [5.41, 5.74) is 3.77. The maximum Gasteiger partial charge on any atom is 0.0605 e. The number of nitrogens with one attached hydrogen (secondary N) is 1. The third-order valence-corrected chi connectivity index (χ3v) is 4.03. The molecule has 2 aromatic heterocycles. The molecule has 0 spiro atoms. The smallest absolute Gasteiger partial charge is 0.0605 e. The predicted octanol–water partition coefficient (Wildman–Crippen LogP) is 3.85. The van der Waals surface area contributed by atoms with Crippen LogP contribution < -0.4 is 5.32 Å². The van der Waals surface area contributed by atoms with Crippen LogP contribution >= 0.6 is 11.3 Å². The van der Waals surface area contributed by atoms with Crippen molar-refractivity contribution in [1.82, 2.24) is 10.3 Å². The van der Waals surface area contributed by atoms with Gasteiger partial charge in [-0.2, -0.15) is 0 Å². The predicted molar refractivity (Wildman–Crippen MR) is 78.2 cm³/mol. The molecule has 0 amide bonds. The molecule has 2 rings (SSSR count). The summed E-state index contributed by atoms with van der Waals surface area (Å²) >= 11 is 1.81. The maximum absolute atomic E-state index is 4.41. The van der Waals surface area contributed by atoms with Crippen LogP contribution in [0.5, 0.6) is 0 Å². The molecule has 0 aromatic carbocycles. The van der Waals surface area contributed by atoms with Gasteiger partial charge in [0.05, 0.1) is 6.04 Å². The van der Waals surface area contributed by atoms with E-state index in [9.17, 15) is 0 Å². The first-order valence-corrected chi connectivity index (χ1v) is 7.31. The zero-order chi connectivity index (χ0) is 13.0. The molecule has 0 aliphatic heterocycles. The van der Waals surface area contributed by atoms with Crippen LogP contribution in [0.2, 0.25) is 0 Å². The summed E-state index contributed by atoms with van der Waals surface area (Å²) in [6, 6.07) is 6.68. The van der Waals surface area contributed by atoms with E-state index in [1.807, 2.05) is 12.3 Å². The second-order valence-corrected chi connectivity index (χ2v) is 5.62. The lowest BCUT2D eigenvalue weighted by molar-refractivity contribution is 0.593. The number of hydrogen-bond donors (Lipinski definition) is 1. The molecule has 18 heavy (non-hydrogen) atoms. The first kappa shape index (κ1) is 13.2. The van der Waals surface area contributed by atoms with Gasteiger partial charge in [0.25, 0.3) is 0 Å². The Hall–Kier alpha value is -1.19. The second-order valence-electron chi connectivity index (χ2n) is 4.50. The molecule has 2 nitrogen and oxygen atoms in total. The average Bonchev–Trinajstić information content (AvgIpc) is 2.78. The van der Waals surface area contributed by atoms with Crippen molar-refractivity contribution in [3.05, 3.63) is 51.5 Å². The largest absolute Gasteiger partial charge is 0.306 e. The van der Waals surface area contributed by atoms with Gasteiger partial charge in [0.15, 0.2) is 0 Å². The number of hydrogen-bond acceptors (Lipinski definition) is 3. The third kappa shape index (κ3) is 2.79. The van der Waals surface area contributed by atoms with E-state index >= 15 is 0 Å². The quantitative estimate of drug-likeness (QED) is 0.883. The van der Waals surface area contributed by atoms with Crippen molar-refractivity contribution in [2.24, 2.45) is 0 Å². The average molecular weight is 260 g/mol. The van der Waals surface area contributed by atoms with Gasteiger partial charge in [0.1, 0.15) is 0 Å². The van der Waals surface area contributed by atoms with E-state index in [4.69, 9.17) is 0 Å². The molecule has 0 fully saturated rings. The lowest BCUT2D eigenvalue weighted by atomic mass is 9.98. The molecule has 0 aliphatic carbocycles. The van der Waals surface area contributed by atoms with E-state index in [-0.39, 0.29) is 6.04 Å². The molecule has 2 aromatic rings. The summed E-state index contributed by atoms with van der Waals surface area (Å²) in [7, 11) is 0. The molecule has 0 saturated carbocycles. The van der Waals surface area contributed by atoms with Crippen molar-refractivity contribution in [3.8, 4) is 0 Å². The number of pyridine rings is 1. The van der Waals surface area contributed by atoms with Crippen LogP contribution in [0.1, 0.15) is 41.1 Å². The summed E-state index contributed by atoms with van der Waals surface area (Å²) in [6.45, 7) is 7.49. The standard InChI is InChI=1S/C15H20N2S/c1-4-8-17-15(14-7-10-18-12(14)3)13-6-5-9-16-11(13)2/h5-7,9-10,15,17H,4,8H2,1-3H3. The highest BCUT2D eigenvalue weighted by molar-refractivity contribution is 7.10. The van der Waals surface area contributed by atoms with Gasteiger partial charge in [-0.15, -0.1) is 11.3 Å². The number of thiophene rings is 1. The van der Waals surface area contributed by atoms with E-state index in [1.54, 1.807) is 11.3 Å². The molecule has 1 atom stereocenters. The Morgan fingerprint density at radius 2 is 2.11 bits per heavy atom. The lowest BCUT2D eigenvalue weighted by Gasteiger charge is -2.20. The van der Waals surface area contributed by atoms with Gasteiger partial charge in [0, 0.05) is 16.8 Å². The van der Waals surface area contributed by atoms with Crippen LogP contribution in [0.4, 0.5) is 0 Å². The molecule has 96 valence electrons. The van der Waals surface area contributed by atoms with Crippen molar-refractivity contribution < 1.29 is 0 Å². The van der Waals surface area contributed by atoms with Crippen LogP contribution in [0, 0.1) is 13.8 Å². The van der Waals surface area contributed by atoms with Crippen LogP contribution in [-0.4, -0.2) is 11.5 Å². The van der Waals surface area contributed by atoms with Crippen LogP contribution in [-0.2, 0) is 0 Å². The van der Waals surface area contributed by atoms with E-state index in [1.165, 1.54) is 16.0 Å². The van der Waals surface area contributed by atoms with Gasteiger partial charge in [-0.1, -0.05) is 13.0 Å². The Labute approximate surface area is 113 Å². The fourth-order valence-electron chi connectivity index (χ4n) is 2.17. The number of rotatable bonds is 5. The summed E-state index contributed by atoms with van der Waals surface area (Å²) in [5, 5.41) is 5.80. The van der Waals surface area contributed by atoms with Crippen molar-refractivity contribution in [1.29, 1.82) is 0 Å². The van der Waals surface area contributed by atoms with Gasteiger partial charge < -0.3 is 5.32 Å². The minimum Gasteiger partial charge on any atom is -0.306 e. The number of aromatic nitrogens is 1. The van der Waals surface area contributed by atoms with Gasteiger partial charge in [-0.05, 0) is 55.5 Å². The summed E-state index contributed by atoms with van der Waals surface area (Å²) in [5.74, 6) is 0. The SMILES string of the molecule is CCCNC(c1cccnc1C)c1ccsc1C. The number of aryl methyl sites for hydroxylation is 2. The fraction of sp³-hybridized carbons (Fsp3) is 0.400. The molecular formula is C15H20N2S. The van der Waals surface area contributed by atoms with Gasteiger partial charge in [0.2, 0.25) is 0 Å². The summed E-state index contributed by atoms with van der Waals surface area (Å²) in [4.78, 5) is 5.79. The topological polar surface area (TPSA) is 24.9 Å². The Morgan fingerprint density at radius 3 is 2.72 bits per heavy atom. The molecule has 2 heterocycles. The van der Waals surface area contributed by atoms with Crippen molar-refractivity contribution in [3.63, 3.8) is 0 Å². The zero-order valence-electron chi connectivity index (χ0n) is 11.2. The van der Waals surface area contributed by atoms with E-state index in [0.29, 0.717) is 0 Å². The molecule has 0 aliphatic rings. The van der Waals surface area contributed by atoms with Crippen LogP contribution in [0.3, 0.4) is 0 Å². The first-order chi connectivity index (χ1) is 8.74. The fourth-order valence-corrected chi connectivity index (χ4v) is 2.91. The second kappa shape index (κ2) is 6.12. The normalized spacial score (nSPS) is 12.6. The molecule has 0 radical (unpaired) electrons. The maximum atomic E-state index is 4.41. The van der Waals surface area contributed by atoms with Crippen molar-refractivity contribution in [2.45, 2.75) is 33.2 Å². The summed E-state index contributed by atoms with van der Waals surface area (Å²) in [6.07, 6.45) is 3.00. The van der Waals surface area contributed by atoms with Gasteiger partial charge in [-0.3, -0.25) is 4.98 Å². The minimum atomic E-state index is 0.268. The monoisotopic (exact) mass is 260 g/mol. The number of nitrogens with zero attached hydrogens (tertiary/aromatic N) is 1. The zero-order valence-corrected chi connectivity index (χ0v) is 12.1. The molecular weight excluding hydrogens is 240 g/mol. The highest BCUT2D eigenvalue weighted by Crippen LogP contribution is 2.29. The lowest BCUT2D eigenvalue weighted by Crippen LogP contribution is -2.24.